The van der Waals surface area contributed by atoms with Crippen LogP contribution in [0.2, 0.25) is 0 Å². The maximum absolute atomic E-state index is 13.4. The summed E-state index contributed by atoms with van der Waals surface area (Å²) < 4.78 is 5.70. The molecule has 3 N–H and O–H groups in total. The van der Waals surface area contributed by atoms with Crippen molar-refractivity contribution in [2.45, 2.75) is 19.4 Å². The van der Waals surface area contributed by atoms with Crippen LogP contribution >= 0.6 is 0 Å². The van der Waals surface area contributed by atoms with Gasteiger partial charge in [-0.05, 0) is 72.6 Å². The van der Waals surface area contributed by atoms with Crippen molar-refractivity contribution in [2.24, 2.45) is 0 Å². The standard InChI is InChI=1S/C32H28N2O5/c1-2-19-39-27-10-6-7-22(20-27)30(36)28-29(21-11-17-26(35)18-12-21)34(32(38)31(28)37)25-15-13-24(14-16-25)33-23-8-4-3-5-9-23/h3-18,20,29,33,35-36H,2,19H2,1H3/b30-28-. The Bertz CT molecular complexity index is 1510. The van der Waals surface area contributed by atoms with Crippen LogP contribution in [0.3, 0.4) is 0 Å². The average Bonchev–Trinajstić information content (AvgIpc) is 3.23. The number of ketones is 1. The number of carbonyl (C=O) groups excluding carboxylic acids is 2. The van der Waals surface area contributed by atoms with Crippen molar-refractivity contribution < 1.29 is 24.5 Å². The first-order valence-electron chi connectivity index (χ1n) is 12.7. The van der Waals surface area contributed by atoms with Gasteiger partial charge in [-0.3, -0.25) is 14.5 Å². The van der Waals surface area contributed by atoms with Gasteiger partial charge in [-0.25, -0.2) is 0 Å². The number of aromatic hydroxyl groups is 1. The molecule has 1 aliphatic heterocycles. The van der Waals surface area contributed by atoms with Crippen molar-refractivity contribution in [1.29, 1.82) is 0 Å². The molecule has 5 rings (SSSR count). The zero-order chi connectivity index (χ0) is 27.4. The molecule has 0 radical (unpaired) electrons. The van der Waals surface area contributed by atoms with Gasteiger partial charge >= 0.3 is 0 Å². The van der Waals surface area contributed by atoms with Gasteiger partial charge in [0.1, 0.15) is 17.3 Å². The molecule has 0 spiro atoms. The van der Waals surface area contributed by atoms with Gasteiger partial charge in [0.15, 0.2) is 0 Å². The minimum absolute atomic E-state index is 0.0372. The zero-order valence-corrected chi connectivity index (χ0v) is 21.4. The predicted octanol–water partition coefficient (Wildman–Crippen LogP) is 6.55. The highest BCUT2D eigenvalue weighted by Crippen LogP contribution is 2.43. The van der Waals surface area contributed by atoms with Crippen LogP contribution in [-0.2, 0) is 9.59 Å². The Hall–Kier alpha value is -5.04. The van der Waals surface area contributed by atoms with Crippen molar-refractivity contribution in [1.82, 2.24) is 0 Å². The third-order valence-corrected chi connectivity index (χ3v) is 6.44. The largest absolute Gasteiger partial charge is 0.508 e. The van der Waals surface area contributed by atoms with Crippen LogP contribution in [0, 0.1) is 0 Å². The predicted molar refractivity (Wildman–Crippen MR) is 151 cm³/mol. The molecule has 7 heteroatoms. The van der Waals surface area contributed by atoms with E-state index in [1.165, 1.54) is 17.0 Å². The van der Waals surface area contributed by atoms with E-state index in [4.69, 9.17) is 4.74 Å². The molecule has 1 fully saturated rings. The maximum Gasteiger partial charge on any atom is 0.300 e. The number of carbonyl (C=O) groups is 2. The Morgan fingerprint density at radius 3 is 2.26 bits per heavy atom. The Balaban J connectivity index is 1.56. The minimum atomic E-state index is -0.904. The number of Topliss-reactive ketones (excluding diaryl/α,β-unsaturated/α-hetero) is 1. The Kier molecular flexibility index (Phi) is 7.32. The fourth-order valence-electron chi connectivity index (χ4n) is 4.57. The summed E-state index contributed by atoms with van der Waals surface area (Å²) in [5.41, 5.74) is 3.12. The number of anilines is 3. The third kappa shape index (κ3) is 5.33. The summed E-state index contributed by atoms with van der Waals surface area (Å²) in [7, 11) is 0. The van der Waals surface area contributed by atoms with E-state index in [2.05, 4.69) is 5.32 Å². The molecular weight excluding hydrogens is 492 g/mol. The van der Waals surface area contributed by atoms with E-state index < -0.39 is 17.7 Å². The number of hydrogen-bond acceptors (Lipinski definition) is 6. The molecule has 4 aromatic carbocycles. The van der Waals surface area contributed by atoms with Crippen molar-refractivity contribution >= 4 is 34.5 Å². The average molecular weight is 521 g/mol. The summed E-state index contributed by atoms with van der Waals surface area (Å²) in [6, 6.07) is 29.0. The number of aliphatic hydroxyl groups is 1. The molecule has 7 nitrogen and oxygen atoms in total. The molecule has 1 heterocycles. The SMILES string of the molecule is CCCOc1cccc(/C(O)=C2/C(=O)C(=O)N(c3ccc(Nc4ccccc4)cc3)C2c2ccc(O)cc2)c1. The van der Waals surface area contributed by atoms with Gasteiger partial charge < -0.3 is 20.3 Å². The van der Waals surface area contributed by atoms with E-state index in [0.29, 0.717) is 29.2 Å². The molecule has 1 unspecified atom stereocenters. The number of para-hydroxylation sites is 1. The lowest BCUT2D eigenvalue weighted by Gasteiger charge is -2.25. The first kappa shape index (κ1) is 25.6. The van der Waals surface area contributed by atoms with Crippen molar-refractivity contribution in [3.05, 3.63) is 120 Å². The first-order chi connectivity index (χ1) is 19.0. The second-order valence-corrected chi connectivity index (χ2v) is 9.17. The smallest absolute Gasteiger partial charge is 0.300 e. The summed E-state index contributed by atoms with van der Waals surface area (Å²) in [5.74, 6) is -1.24. The van der Waals surface area contributed by atoms with Crippen LogP contribution < -0.4 is 15.0 Å². The normalized spacial score (nSPS) is 16.3. The van der Waals surface area contributed by atoms with Gasteiger partial charge in [-0.2, -0.15) is 0 Å². The Morgan fingerprint density at radius 1 is 0.872 bits per heavy atom. The molecular formula is C32H28N2O5. The number of hydrogen-bond donors (Lipinski definition) is 3. The number of phenolic OH excluding ortho intramolecular Hbond substituents is 1. The lowest BCUT2D eigenvalue weighted by Crippen LogP contribution is -2.29. The van der Waals surface area contributed by atoms with E-state index in [-0.39, 0.29) is 17.1 Å². The van der Waals surface area contributed by atoms with E-state index in [1.54, 1.807) is 48.5 Å². The van der Waals surface area contributed by atoms with Crippen LogP contribution in [0.5, 0.6) is 11.5 Å². The fourth-order valence-corrected chi connectivity index (χ4v) is 4.57. The van der Waals surface area contributed by atoms with Gasteiger partial charge in [0.25, 0.3) is 11.7 Å². The summed E-state index contributed by atoms with van der Waals surface area (Å²) in [6.07, 6.45) is 0.821. The van der Waals surface area contributed by atoms with Crippen LogP contribution in [0.1, 0.15) is 30.5 Å². The summed E-state index contributed by atoms with van der Waals surface area (Å²) in [4.78, 5) is 28.2. The molecule has 1 saturated heterocycles. The lowest BCUT2D eigenvalue weighted by atomic mass is 9.95. The molecule has 0 aliphatic carbocycles. The van der Waals surface area contributed by atoms with Crippen LogP contribution in [-0.4, -0.2) is 28.5 Å². The van der Waals surface area contributed by atoms with Gasteiger partial charge in [-0.1, -0.05) is 49.4 Å². The molecule has 0 saturated carbocycles. The lowest BCUT2D eigenvalue weighted by molar-refractivity contribution is -0.132. The minimum Gasteiger partial charge on any atom is -0.508 e. The van der Waals surface area contributed by atoms with Crippen LogP contribution in [0.25, 0.3) is 5.76 Å². The van der Waals surface area contributed by atoms with E-state index >= 15 is 0 Å². The molecule has 0 bridgehead atoms. The molecule has 4 aromatic rings. The number of ether oxygens (including phenoxy) is 1. The molecule has 1 atom stereocenters. The quantitative estimate of drug-likeness (QED) is 0.138. The molecule has 1 aliphatic rings. The van der Waals surface area contributed by atoms with Gasteiger partial charge in [-0.15, -0.1) is 0 Å². The van der Waals surface area contributed by atoms with Gasteiger partial charge in [0.05, 0.1) is 18.2 Å². The van der Waals surface area contributed by atoms with E-state index in [9.17, 15) is 19.8 Å². The number of aliphatic hydroxyl groups excluding tert-OH is 1. The van der Waals surface area contributed by atoms with Gasteiger partial charge in [0.2, 0.25) is 0 Å². The van der Waals surface area contributed by atoms with Crippen LogP contribution in [0.4, 0.5) is 17.1 Å². The highest BCUT2D eigenvalue weighted by molar-refractivity contribution is 6.51. The second kappa shape index (κ2) is 11.1. The molecule has 1 amide bonds. The summed E-state index contributed by atoms with van der Waals surface area (Å²) >= 11 is 0. The maximum atomic E-state index is 13.4. The molecule has 196 valence electrons. The van der Waals surface area contributed by atoms with Crippen molar-refractivity contribution in [2.75, 3.05) is 16.8 Å². The highest BCUT2D eigenvalue weighted by atomic mass is 16.5. The number of amides is 1. The van der Waals surface area contributed by atoms with Crippen molar-refractivity contribution in [3.63, 3.8) is 0 Å². The second-order valence-electron chi connectivity index (χ2n) is 9.17. The van der Waals surface area contributed by atoms with Crippen LogP contribution in [0.15, 0.2) is 109 Å². The van der Waals surface area contributed by atoms with E-state index in [1.807, 2.05) is 49.4 Å². The number of phenols is 1. The fraction of sp³-hybridized carbons (Fsp3) is 0.125. The third-order valence-electron chi connectivity index (χ3n) is 6.44. The van der Waals surface area contributed by atoms with E-state index in [0.717, 1.165) is 17.8 Å². The van der Waals surface area contributed by atoms with Gasteiger partial charge in [0, 0.05) is 22.6 Å². The molecule has 39 heavy (non-hydrogen) atoms. The monoisotopic (exact) mass is 520 g/mol. The van der Waals surface area contributed by atoms with Crippen molar-refractivity contribution in [3.8, 4) is 11.5 Å². The number of nitrogens with zero attached hydrogens (tertiary/aromatic N) is 1. The number of nitrogens with one attached hydrogen (secondary N) is 1. The summed E-state index contributed by atoms with van der Waals surface area (Å²) in [5, 5.41) is 24.5. The number of benzene rings is 4. The summed E-state index contributed by atoms with van der Waals surface area (Å²) in [6.45, 7) is 2.50. The topological polar surface area (TPSA) is 99.1 Å². The molecule has 0 aromatic heterocycles. The zero-order valence-electron chi connectivity index (χ0n) is 21.4. The Morgan fingerprint density at radius 2 is 1.56 bits per heavy atom. The first-order valence-corrected chi connectivity index (χ1v) is 12.7. The highest BCUT2D eigenvalue weighted by Gasteiger charge is 2.47. The number of rotatable bonds is 8. The Labute approximate surface area is 226 Å².